The van der Waals surface area contributed by atoms with Gasteiger partial charge in [-0.05, 0) is 61.4 Å². The van der Waals surface area contributed by atoms with E-state index in [4.69, 9.17) is 0 Å². The molecule has 0 atom stereocenters. The minimum atomic E-state index is -0.0277. The fourth-order valence-electron chi connectivity index (χ4n) is 3.74. The number of nitrogens with one attached hydrogen (secondary N) is 1. The highest BCUT2D eigenvalue weighted by Crippen LogP contribution is 2.32. The lowest BCUT2D eigenvalue weighted by Gasteiger charge is -2.17. The fraction of sp³-hybridized carbons (Fsp3) is 0.125. The highest BCUT2D eigenvalue weighted by atomic mass is 16.2. The quantitative estimate of drug-likeness (QED) is 0.545. The van der Waals surface area contributed by atoms with E-state index in [2.05, 4.69) is 31.3 Å². The second kappa shape index (κ2) is 7.95. The molecule has 0 saturated heterocycles. The van der Waals surface area contributed by atoms with Crippen molar-refractivity contribution < 1.29 is 4.79 Å². The van der Waals surface area contributed by atoms with E-state index in [-0.39, 0.29) is 5.91 Å². The molecule has 1 amide bonds. The Bertz CT molecular complexity index is 1240. The van der Waals surface area contributed by atoms with Crippen molar-refractivity contribution in [2.45, 2.75) is 13.3 Å². The zero-order valence-corrected chi connectivity index (χ0v) is 17.0. The number of amides is 1. The number of hydrogen-bond acceptors (Lipinski definition) is 6. The third kappa shape index (κ3) is 3.85. The number of benzene rings is 1. The molecule has 1 aromatic carbocycles. The Morgan fingerprint density at radius 3 is 2.61 bits per heavy atom. The predicted molar refractivity (Wildman–Crippen MR) is 119 cm³/mol. The van der Waals surface area contributed by atoms with Gasteiger partial charge in [0.05, 0.1) is 5.56 Å². The molecule has 5 rings (SSSR count). The lowest BCUT2D eigenvalue weighted by Crippen LogP contribution is -2.28. The summed E-state index contributed by atoms with van der Waals surface area (Å²) in [6.45, 7) is 2.60. The van der Waals surface area contributed by atoms with Gasteiger partial charge in [-0.2, -0.15) is 0 Å². The average Bonchev–Trinajstić information content (AvgIpc) is 3.22. The van der Waals surface area contributed by atoms with Crippen molar-refractivity contribution in [3.05, 3.63) is 90.1 Å². The summed E-state index contributed by atoms with van der Waals surface area (Å²) in [4.78, 5) is 32.0. The van der Waals surface area contributed by atoms with Crippen LogP contribution in [0, 0.1) is 6.92 Å². The summed E-state index contributed by atoms with van der Waals surface area (Å²) in [5.74, 6) is 1.32. The molecule has 7 nitrogen and oxygen atoms in total. The van der Waals surface area contributed by atoms with Gasteiger partial charge in [0, 0.05) is 60.0 Å². The average molecular weight is 408 g/mol. The van der Waals surface area contributed by atoms with Gasteiger partial charge in [0.15, 0.2) is 5.82 Å². The van der Waals surface area contributed by atoms with E-state index < -0.39 is 0 Å². The first-order chi connectivity index (χ1) is 15.2. The van der Waals surface area contributed by atoms with Gasteiger partial charge in [-0.3, -0.25) is 14.8 Å². The second-order valence-corrected chi connectivity index (χ2v) is 7.38. The smallest absolute Gasteiger partial charge is 0.259 e. The van der Waals surface area contributed by atoms with Crippen LogP contribution < -0.4 is 10.2 Å². The number of nitrogens with zero attached hydrogens (tertiary/aromatic N) is 5. The van der Waals surface area contributed by atoms with Crippen molar-refractivity contribution in [2.75, 3.05) is 16.8 Å². The molecule has 0 bridgehead atoms. The van der Waals surface area contributed by atoms with E-state index >= 15 is 0 Å². The monoisotopic (exact) mass is 408 g/mol. The minimum Gasteiger partial charge on any atom is -0.340 e. The highest BCUT2D eigenvalue weighted by molar-refractivity contribution is 6.07. The molecule has 31 heavy (non-hydrogen) atoms. The molecular weight excluding hydrogens is 388 g/mol. The molecule has 0 radical (unpaired) electrons. The molecular formula is C24H20N6O. The van der Waals surface area contributed by atoms with Crippen LogP contribution in [0.25, 0.3) is 11.4 Å². The Morgan fingerprint density at radius 1 is 1.00 bits per heavy atom. The number of anilines is 3. The summed E-state index contributed by atoms with van der Waals surface area (Å²) < 4.78 is 0. The minimum absolute atomic E-state index is 0.0277. The number of carbonyl (C=O) groups is 1. The Morgan fingerprint density at radius 2 is 1.84 bits per heavy atom. The van der Waals surface area contributed by atoms with Gasteiger partial charge in [-0.15, -0.1) is 0 Å². The Kier molecular flexibility index (Phi) is 4.84. The number of pyridine rings is 2. The summed E-state index contributed by atoms with van der Waals surface area (Å²) in [6.07, 6.45) is 7.56. The maximum Gasteiger partial charge on any atom is 0.259 e. The van der Waals surface area contributed by atoms with Crippen LogP contribution in [0.3, 0.4) is 0 Å². The van der Waals surface area contributed by atoms with E-state index in [9.17, 15) is 4.79 Å². The SMILES string of the molecule is Cc1cc(Nc2ccc3c(c2)CCN3C(=O)c2cccnc2)nc(-c2cccnc2)n1. The number of aromatic nitrogens is 4. The van der Waals surface area contributed by atoms with E-state index in [1.807, 2.05) is 42.2 Å². The molecule has 1 N–H and O–H groups in total. The second-order valence-electron chi connectivity index (χ2n) is 7.38. The van der Waals surface area contributed by atoms with Crippen molar-refractivity contribution >= 4 is 23.1 Å². The summed E-state index contributed by atoms with van der Waals surface area (Å²) >= 11 is 0. The summed E-state index contributed by atoms with van der Waals surface area (Å²) in [7, 11) is 0. The van der Waals surface area contributed by atoms with Crippen molar-refractivity contribution in [2.24, 2.45) is 0 Å². The van der Waals surface area contributed by atoms with Crippen LogP contribution in [0.2, 0.25) is 0 Å². The lowest BCUT2D eigenvalue weighted by molar-refractivity contribution is 0.0989. The number of hydrogen-bond donors (Lipinski definition) is 1. The van der Waals surface area contributed by atoms with Gasteiger partial charge in [0.1, 0.15) is 5.82 Å². The van der Waals surface area contributed by atoms with Crippen LogP contribution in [0.5, 0.6) is 0 Å². The van der Waals surface area contributed by atoms with Crippen LogP contribution in [0.1, 0.15) is 21.6 Å². The molecule has 152 valence electrons. The molecule has 7 heteroatoms. The van der Waals surface area contributed by atoms with E-state index in [0.29, 0.717) is 23.8 Å². The highest BCUT2D eigenvalue weighted by Gasteiger charge is 2.25. The first kappa shape index (κ1) is 18.9. The number of carbonyl (C=O) groups excluding carboxylic acids is 1. The predicted octanol–water partition coefficient (Wildman–Crippen LogP) is 4.19. The largest absolute Gasteiger partial charge is 0.340 e. The molecule has 0 aliphatic carbocycles. The Balaban J connectivity index is 1.39. The van der Waals surface area contributed by atoms with Crippen LogP contribution in [-0.2, 0) is 6.42 Å². The number of fused-ring (bicyclic) bond motifs is 1. The van der Waals surface area contributed by atoms with Crippen LogP contribution in [0.15, 0.2) is 73.3 Å². The molecule has 3 aromatic heterocycles. The number of rotatable bonds is 4. The molecule has 1 aliphatic heterocycles. The van der Waals surface area contributed by atoms with Crippen LogP contribution >= 0.6 is 0 Å². The third-order valence-electron chi connectivity index (χ3n) is 5.18. The lowest BCUT2D eigenvalue weighted by atomic mass is 10.1. The topological polar surface area (TPSA) is 83.9 Å². The van der Waals surface area contributed by atoms with Gasteiger partial charge < -0.3 is 10.2 Å². The molecule has 0 fully saturated rings. The molecule has 0 spiro atoms. The van der Waals surface area contributed by atoms with E-state index in [0.717, 1.165) is 34.6 Å². The third-order valence-corrected chi connectivity index (χ3v) is 5.18. The van der Waals surface area contributed by atoms with E-state index in [1.54, 1.807) is 36.9 Å². The Labute approximate surface area is 179 Å². The van der Waals surface area contributed by atoms with Gasteiger partial charge in [-0.25, -0.2) is 9.97 Å². The van der Waals surface area contributed by atoms with Gasteiger partial charge in [-0.1, -0.05) is 0 Å². The first-order valence-electron chi connectivity index (χ1n) is 10.1. The number of aryl methyl sites for hydroxylation is 1. The van der Waals surface area contributed by atoms with Crippen molar-refractivity contribution in [3.8, 4) is 11.4 Å². The molecule has 0 unspecified atom stereocenters. The van der Waals surface area contributed by atoms with Crippen LogP contribution in [0.4, 0.5) is 17.2 Å². The van der Waals surface area contributed by atoms with Gasteiger partial charge in [0.25, 0.3) is 5.91 Å². The Hall–Kier alpha value is -4.13. The molecule has 1 aliphatic rings. The maximum absolute atomic E-state index is 12.8. The standard InChI is InChI=1S/C24H20N6O/c1-16-12-22(29-23(27-16)18-4-2-9-25-14-18)28-20-6-7-21-17(13-20)8-11-30(21)24(31)19-5-3-10-26-15-19/h2-7,9-10,12-15H,8,11H2,1H3,(H,27,28,29). The molecule has 4 aromatic rings. The molecule has 0 saturated carbocycles. The zero-order chi connectivity index (χ0) is 21.2. The first-order valence-corrected chi connectivity index (χ1v) is 10.1. The fourth-order valence-corrected chi connectivity index (χ4v) is 3.74. The molecule has 4 heterocycles. The van der Waals surface area contributed by atoms with E-state index in [1.165, 1.54) is 0 Å². The van der Waals surface area contributed by atoms with Gasteiger partial charge >= 0.3 is 0 Å². The van der Waals surface area contributed by atoms with Crippen molar-refractivity contribution in [3.63, 3.8) is 0 Å². The van der Waals surface area contributed by atoms with Crippen LogP contribution in [-0.4, -0.2) is 32.4 Å². The summed E-state index contributed by atoms with van der Waals surface area (Å²) in [5.41, 5.74) is 5.31. The van der Waals surface area contributed by atoms with Crippen molar-refractivity contribution in [1.29, 1.82) is 0 Å². The summed E-state index contributed by atoms with van der Waals surface area (Å²) in [6, 6.07) is 15.3. The maximum atomic E-state index is 12.8. The van der Waals surface area contributed by atoms with Gasteiger partial charge in [0.2, 0.25) is 0 Å². The van der Waals surface area contributed by atoms with Crippen molar-refractivity contribution in [1.82, 2.24) is 19.9 Å². The normalized spacial score (nSPS) is 12.5. The summed E-state index contributed by atoms with van der Waals surface area (Å²) in [5, 5.41) is 3.38. The zero-order valence-electron chi connectivity index (χ0n) is 17.0.